The van der Waals surface area contributed by atoms with Gasteiger partial charge in [-0.25, -0.2) is 0 Å². The fraction of sp³-hybridized carbons (Fsp3) is 0.533. The Morgan fingerprint density at radius 2 is 2.37 bits per heavy atom. The van der Waals surface area contributed by atoms with Crippen molar-refractivity contribution in [1.82, 2.24) is 0 Å². The van der Waals surface area contributed by atoms with E-state index in [1.54, 1.807) is 11.8 Å². The first-order valence-electron chi connectivity index (χ1n) is 6.81. The molecule has 0 bridgehead atoms. The van der Waals surface area contributed by atoms with Crippen LogP contribution >= 0.6 is 11.8 Å². The van der Waals surface area contributed by atoms with E-state index in [9.17, 15) is 5.26 Å². The molecule has 1 aromatic carbocycles. The topological polar surface area (TPSA) is 47.3 Å². The van der Waals surface area contributed by atoms with E-state index in [2.05, 4.69) is 17.9 Å². The van der Waals surface area contributed by atoms with Crippen molar-refractivity contribution in [3.8, 4) is 6.07 Å². The Morgan fingerprint density at radius 3 is 3.05 bits per heavy atom. The molecule has 102 valence electrons. The minimum absolute atomic E-state index is 0.259. The zero-order valence-corrected chi connectivity index (χ0v) is 12.1. The molecule has 0 amide bonds. The summed E-state index contributed by atoms with van der Waals surface area (Å²) in [6, 6.07) is 8.46. The van der Waals surface area contributed by atoms with E-state index in [1.165, 1.54) is 0 Å². The maximum atomic E-state index is 9.43. The highest BCUT2D eigenvalue weighted by molar-refractivity contribution is 7.99. The molecule has 0 radical (unpaired) electrons. The first-order valence-corrected chi connectivity index (χ1v) is 7.80. The number of hydrogen-bond acceptors (Lipinski definition) is 4. The number of thioether (sulfide) groups is 1. The largest absolute Gasteiger partial charge is 0.396 e. The van der Waals surface area contributed by atoms with E-state index in [-0.39, 0.29) is 6.61 Å². The molecule has 0 aromatic heterocycles. The van der Waals surface area contributed by atoms with Crippen LogP contribution in [0.4, 0.5) is 5.69 Å². The second kappa shape index (κ2) is 6.83. The van der Waals surface area contributed by atoms with Crippen LogP contribution in [0.15, 0.2) is 23.1 Å². The summed E-state index contributed by atoms with van der Waals surface area (Å²) in [5, 5.41) is 18.4. The molecule has 2 rings (SSSR count). The van der Waals surface area contributed by atoms with E-state index in [1.807, 2.05) is 18.2 Å². The summed E-state index contributed by atoms with van der Waals surface area (Å²) in [6.45, 7) is 4.30. The number of nitriles is 1. The lowest BCUT2D eigenvalue weighted by atomic mass is 10.1. The molecule has 1 aliphatic rings. The number of nitrogens with zero attached hydrogens (tertiary/aromatic N) is 2. The quantitative estimate of drug-likeness (QED) is 0.840. The number of aliphatic hydroxyl groups is 1. The van der Waals surface area contributed by atoms with Gasteiger partial charge in [-0.2, -0.15) is 5.26 Å². The van der Waals surface area contributed by atoms with Gasteiger partial charge in [-0.1, -0.05) is 13.0 Å². The van der Waals surface area contributed by atoms with Crippen LogP contribution in [-0.2, 0) is 0 Å². The summed E-state index contributed by atoms with van der Waals surface area (Å²) in [7, 11) is 0. The van der Waals surface area contributed by atoms with Crippen LogP contribution in [0.2, 0.25) is 0 Å². The van der Waals surface area contributed by atoms with Gasteiger partial charge in [-0.15, -0.1) is 11.8 Å². The van der Waals surface area contributed by atoms with E-state index in [4.69, 9.17) is 5.11 Å². The first-order chi connectivity index (χ1) is 9.30. The van der Waals surface area contributed by atoms with Gasteiger partial charge in [-0.3, -0.25) is 0 Å². The number of hydrogen-bond donors (Lipinski definition) is 1. The fourth-order valence-electron chi connectivity index (χ4n) is 2.64. The van der Waals surface area contributed by atoms with Crippen LogP contribution in [0.5, 0.6) is 0 Å². The van der Waals surface area contributed by atoms with E-state index in [0.717, 1.165) is 47.8 Å². The second-order valence-corrected chi connectivity index (χ2v) is 6.11. The van der Waals surface area contributed by atoms with Crippen LogP contribution in [0.1, 0.15) is 25.3 Å². The lowest BCUT2D eigenvalue weighted by molar-refractivity contribution is 0.263. The predicted molar refractivity (Wildman–Crippen MR) is 79.6 cm³/mol. The van der Waals surface area contributed by atoms with Gasteiger partial charge < -0.3 is 10.0 Å². The van der Waals surface area contributed by atoms with Crippen LogP contribution in [0.25, 0.3) is 0 Å². The van der Waals surface area contributed by atoms with Crippen molar-refractivity contribution in [1.29, 1.82) is 5.26 Å². The third-order valence-electron chi connectivity index (χ3n) is 3.58. The maximum absolute atomic E-state index is 9.43. The Kier molecular flexibility index (Phi) is 5.12. The van der Waals surface area contributed by atoms with Gasteiger partial charge in [0, 0.05) is 24.6 Å². The number of rotatable bonds is 5. The van der Waals surface area contributed by atoms with E-state index >= 15 is 0 Å². The zero-order chi connectivity index (χ0) is 13.7. The van der Waals surface area contributed by atoms with Crippen LogP contribution in [0, 0.1) is 17.2 Å². The molecule has 0 saturated carbocycles. The van der Waals surface area contributed by atoms with Gasteiger partial charge in [0.2, 0.25) is 0 Å². The molecule has 1 saturated heterocycles. The molecule has 1 aliphatic heterocycles. The normalized spacial score (nSPS) is 18.6. The van der Waals surface area contributed by atoms with Crippen molar-refractivity contribution in [3.05, 3.63) is 23.8 Å². The minimum Gasteiger partial charge on any atom is -0.396 e. The van der Waals surface area contributed by atoms with Gasteiger partial charge in [0.25, 0.3) is 0 Å². The molecule has 0 spiro atoms. The number of benzene rings is 1. The Balaban J connectivity index is 2.21. The van der Waals surface area contributed by atoms with Crippen molar-refractivity contribution in [2.75, 3.05) is 30.3 Å². The molecule has 19 heavy (non-hydrogen) atoms. The van der Waals surface area contributed by atoms with Gasteiger partial charge in [-0.05, 0) is 36.6 Å². The van der Waals surface area contributed by atoms with Crippen molar-refractivity contribution < 1.29 is 5.11 Å². The molecule has 0 aliphatic carbocycles. The van der Waals surface area contributed by atoms with Gasteiger partial charge in [0.1, 0.15) is 6.07 Å². The van der Waals surface area contributed by atoms with Crippen LogP contribution < -0.4 is 4.90 Å². The summed E-state index contributed by atoms with van der Waals surface area (Å²) in [4.78, 5) is 3.37. The Labute approximate surface area is 119 Å². The van der Waals surface area contributed by atoms with Crippen molar-refractivity contribution in [3.63, 3.8) is 0 Å². The highest BCUT2D eigenvalue weighted by Crippen LogP contribution is 2.33. The van der Waals surface area contributed by atoms with Gasteiger partial charge >= 0.3 is 0 Å². The average molecular weight is 276 g/mol. The fourth-order valence-corrected chi connectivity index (χ4v) is 3.42. The van der Waals surface area contributed by atoms with Crippen molar-refractivity contribution in [2.24, 2.45) is 5.92 Å². The summed E-state index contributed by atoms with van der Waals surface area (Å²) in [6.07, 6.45) is 1.97. The summed E-state index contributed by atoms with van der Waals surface area (Å²) < 4.78 is 0. The summed E-state index contributed by atoms with van der Waals surface area (Å²) >= 11 is 1.72. The monoisotopic (exact) mass is 276 g/mol. The third-order valence-corrected chi connectivity index (χ3v) is 4.52. The Morgan fingerprint density at radius 1 is 1.53 bits per heavy atom. The number of aliphatic hydroxyl groups excluding tert-OH is 1. The second-order valence-electron chi connectivity index (χ2n) is 4.81. The molecule has 1 unspecified atom stereocenters. The molecule has 1 heterocycles. The van der Waals surface area contributed by atoms with Crippen molar-refractivity contribution in [2.45, 2.75) is 24.7 Å². The molecule has 1 aromatic rings. The number of anilines is 1. The first kappa shape index (κ1) is 14.2. The SMILES string of the molecule is CCSc1cccc(N2CCC(CCO)C2)c1C#N. The lowest BCUT2D eigenvalue weighted by Gasteiger charge is -2.21. The highest BCUT2D eigenvalue weighted by Gasteiger charge is 2.24. The third kappa shape index (κ3) is 3.23. The highest BCUT2D eigenvalue weighted by atomic mass is 32.2. The maximum Gasteiger partial charge on any atom is 0.103 e. The summed E-state index contributed by atoms with van der Waals surface area (Å²) in [5.74, 6) is 1.53. The van der Waals surface area contributed by atoms with Gasteiger partial charge in [0.05, 0.1) is 11.3 Å². The van der Waals surface area contributed by atoms with E-state index in [0.29, 0.717) is 5.92 Å². The zero-order valence-electron chi connectivity index (χ0n) is 11.3. The molecule has 1 atom stereocenters. The van der Waals surface area contributed by atoms with Crippen LogP contribution in [-0.4, -0.2) is 30.6 Å². The molecule has 4 heteroatoms. The molecule has 1 N–H and O–H groups in total. The van der Waals surface area contributed by atoms with Crippen molar-refractivity contribution >= 4 is 17.4 Å². The molecule has 1 fully saturated rings. The average Bonchev–Trinajstić information content (AvgIpc) is 2.88. The smallest absolute Gasteiger partial charge is 0.103 e. The van der Waals surface area contributed by atoms with Crippen LogP contribution in [0.3, 0.4) is 0 Å². The van der Waals surface area contributed by atoms with Gasteiger partial charge in [0.15, 0.2) is 0 Å². The molecular weight excluding hydrogens is 256 g/mol. The Bertz CT molecular complexity index is 470. The van der Waals surface area contributed by atoms with E-state index < -0.39 is 0 Å². The Hall–Kier alpha value is -1.18. The lowest BCUT2D eigenvalue weighted by Crippen LogP contribution is -2.21. The standard InChI is InChI=1S/C15H20N2OS/c1-2-19-15-5-3-4-14(13(15)10-16)17-8-6-12(11-17)7-9-18/h3-5,12,18H,2,6-9,11H2,1H3. The predicted octanol–water partition coefficient (Wildman–Crippen LogP) is 2.88. The summed E-state index contributed by atoms with van der Waals surface area (Å²) in [5.41, 5.74) is 1.86. The molecule has 3 nitrogen and oxygen atoms in total. The molecular formula is C15H20N2OS. The minimum atomic E-state index is 0.259.